The van der Waals surface area contributed by atoms with E-state index in [1.165, 1.54) is 0 Å². The molecule has 1 saturated heterocycles. The second-order valence-corrected chi connectivity index (χ2v) is 6.32. The number of amides is 1. The number of carbonyl (C=O) groups is 1. The van der Waals surface area contributed by atoms with Gasteiger partial charge in [-0.3, -0.25) is 4.79 Å². The van der Waals surface area contributed by atoms with Crippen molar-refractivity contribution in [2.75, 3.05) is 20.3 Å². The van der Waals surface area contributed by atoms with Gasteiger partial charge in [-0.1, -0.05) is 11.6 Å². The van der Waals surface area contributed by atoms with E-state index < -0.39 is 0 Å². The highest BCUT2D eigenvalue weighted by molar-refractivity contribution is 6.31. The summed E-state index contributed by atoms with van der Waals surface area (Å²) in [5.41, 5.74) is 1.75. The molecule has 1 aliphatic heterocycles. The summed E-state index contributed by atoms with van der Waals surface area (Å²) < 4.78 is 5.43. The minimum atomic E-state index is 0.133. The fraction of sp³-hybridized carbons (Fsp3) is 0.500. The highest BCUT2D eigenvalue weighted by Crippen LogP contribution is 2.20. The number of H-pyrrole nitrogens is 1. The summed E-state index contributed by atoms with van der Waals surface area (Å²) in [6.45, 7) is 1.99. The number of hydrogen-bond donors (Lipinski definition) is 1. The van der Waals surface area contributed by atoms with E-state index in [1.54, 1.807) is 4.90 Å². The van der Waals surface area contributed by atoms with Crippen LogP contribution in [0.25, 0.3) is 11.0 Å². The fourth-order valence-corrected chi connectivity index (χ4v) is 2.97. The molecule has 1 atom stereocenters. The van der Waals surface area contributed by atoms with Crippen molar-refractivity contribution in [2.24, 2.45) is 5.92 Å². The Hall–Kier alpha value is -1.59. The molecule has 0 aliphatic carbocycles. The van der Waals surface area contributed by atoms with Gasteiger partial charge in [-0.05, 0) is 37.0 Å². The molecule has 0 unspecified atom stereocenters. The van der Waals surface area contributed by atoms with Crippen LogP contribution in [0.3, 0.4) is 0 Å². The van der Waals surface area contributed by atoms with Crippen molar-refractivity contribution in [1.29, 1.82) is 0 Å². The predicted molar refractivity (Wildman–Crippen MR) is 85.7 cm³/mol. The second kappa shape index (κ2) is 6.67. The first-order valence-corrected chi connectivity index (χ1v) is 7.95. The quantitative estimate of drug-likeness (QED) is 0.941. The lowest BCUT2D eigenvalue weighted by Crippen LogP contribution is -2.30. The van der Waals surface area contributed by atoms with Crippen molar-refractivity contribution in [2.45, 2.75) is 25.8 Å². The van der Waals surface area contributed by atoms with E-state index in [0.29, 0.717) is 30.5 Å². The Kier molecular flexibility index (Phi) is 4.64. The summed E-state index contributed by atoms with van der Waals surface area (Å²) in [4.78, 5) is 21.7. The van der Waals surface area contributed by atoms with Crippen LogP contribution in [0, 0.1) is 5.92 Å². The molecule has 1 aromatic carbocycles. The number of aromatic nitrogens is 2. The van der Waals surface area contributed by atoms with Crippen molar-refractivity contribution in [3.8, 4) is 0 Å². The molecule has 2 aromatic rings. The predicted octanol–water partition coefficient (Wildman–Crippen LogP) is 2.99. The van der Waals surface area contributed by atoms with E-state index in [1.807, 2.05) is 25.2 Å². The zero-order valence-corrected chi connectivity index (χ0v) is 13.4. The average molecular weight is 322 g/mol. The van der Waals surface area contributed by atoms with Crippen LogP contribution in [0.5, 0.6) is 0 Å². The minimum Gasteiger partial charge on any atom is -0.381 e. The Morgan fingerprint density at radius 2 is 2.41 bits per heavy atom. The third-order valence-corrected chi connectivity index (χ3v) is 4.26. The van der Waals surface area contributed by atoms with E-state index in [2.05, 4.69) is 9.97 Å². The van der Waals surface area contributed by atoms with Crippen LogP contribution in [0.2, 0.25) is 5.02 Å². The molecular weight excluding hydrogens is 302 g/mol. The second-order valence-electron chi connectivity index (χ2n) is 5.88. The fourth-order valence-electron chi connectivity index (χ4n) is 2.79. The molecular formula is C16H20ClN3O2. The number of rotatable bonds is 4. The minimum absolute atomic E-state index is 0.133. The standard InChI is InChI=1S/C16H20ClN3O2/c1-20(16(21)7-11-3-2-6-22-10-11)9-15-18-13-5-4-12(17)8-14(13)19-15/h4-5,8,11H,2-3,6-7,9-10H2,1H3,(H,18,19)/t11-/m0/s1. The zero-order valence-electron chi connectivity index (χ0n) is 12.6. The van der Waals surface area contributed by atoms with Crippen LogP contribution in [0.1, 0.15) is 25.1 Å². The number of carbonyl (C=O) groups excluding carboxylic acids is 1. The van der Waals surface area contributed by atoms with Gasteiger partial charge in [0, 0.05) is 31.7 Å². The molecule has 22 heavy (non-hydrogen) atoms. The molecule has 1 aromatic heterocycles. The molecule has 0 bridgehead atoms. The number of fused-ring (bicyclic) bond motifs is 1. The van der Waals surface area contributed by atoms with E-state index in [-0.39, 0.29) is 5.91 Å². The van der Waals surface area contributed by atoms with Crippen LogP contribution < -0.4 is 0 Å². The molecule has 2 heterocycles. The number of nitrogens with one attached hydrogen (secondary N) is 1. The number of imidazole rings is 1. The maximum Gasteiger partial charge on any atom is 0.223 e. The van der Waals surface area contributed by atoms with Crippen molar-refractivity contribution in [3.63, 3.8) is 0 Å². The SMILES string of the molecule is CN(Cc1nc2ccc(Cl)cc2[nH]1)C(=O)C[C@@H]1CCCOC1. The molecule has 0 radical (unpaired) electrons. The molecule has 1 fully saturated rings. The van der Waals surface area contributed by atoms with E-state index >= 15 is 0 Å². The smallest absolute Gasteiger partial charge is 0.223 e. The highest BCUT2D eigenvalue weighted by Gasteiger charge is 2.20. The van der Waals surface area contributed by atoms with Crippen molar-refractivity contribution in [3.05, 3.63) is 29.0 Å². The van der Waals surface area contributed by atoms with Crippen LogP contribution in [0.15, 0.2) is 18.2 Å². The van der Waals surface area contributed by atoms with Gasteiger partial charge in [0.2, 0.25) is 5.91 Å². The average Bonchev–Trinajstić information content (AvgIpc) is 2.89. The number of aromatic amines is 1. The van der Waals surface area contributed by atoms with E-state index in [9.17, 15) is 4.79 Å². The largest absolute Gasteiger partial charge is 0.381 e. The number of hydrogen-bond acceptors (Lipinski definition) is 3. The lowest BCUT2D eigenvalue weighted by Gasteiger charge is -2.24. The van der Waals surface area contributed by atoms with Gasteiger partial charge < -0.3 is 14.6 Å². The van der Waals surface area contributed by atoms with Gasteiger partial charge in [-0.25, -0.2) is 4.98 Å². The maximum atomic E-state index is 12.3. The number of ether oxygens (including phenoxy) is 1. The molecule has 1 amide bonds. The number of halogens is 1. The van der Waals surface area contributed by atoms with E-state index in [4.69, 9.17) is 16.3 Å². The van der Waals surface area contributed by atoms with Crippen molar-refractivity contribution in [1.82, 2.24) is 14.9 Å². The molecule has 1 aliphatic rings. The first-order valence-electron chi connectivity index (χ1n) is 7.57. The van der Waals surface area contributed by atoms with Gasteiger partial charge >= 0.3 is 0 Å². The summed E-state index contributed by atoms with van der Waals surface area (Å²) in [6, 6.07) is 5.53. The Balaban J connectivity index is 1.61. The van der Waals surface area contributed by atoms with Gasteiger partial charge in [0.1, 0.15) is 5.82 Å². The van der Waals surface area contributed by atoms with Crippen LogP contribution >= 0.6 is 11.6 Å². The Morgan fingerprint density at radius 3 is 3.18 bits per heavy atom. The normalized spacial score (nSPS) is 18.5. The summed E-state index contributed by atoms with van der Waals surface area (Å²) in [7, 11) is 1.81. The van der Waals surface area contributed by atoms with Crippen LogP contribution in [-0.4, -0.2) is 41.0 Å². The number of benzene rings is 1. The monoisotopic (exact) mass is 321 g/mol. The number of nitrogens with zero attached hydrogens (tertiary/aromatic N) is 2. The van der Waals surface area contributed by atoms with Gasteiger partial charge in [0.05, 0.1) is 17.6 Å². The molecule has 1 N–H and O–H groups in total. The summed E-state index contributed by atoms with van der Waals surface area (Å²) in [6.07, 6.45) is 2.66. The summed E-state index contributed by atoms with van der Waals surface area (Å²) in [5.74, 6) is 1.25. The first kappa shape index (κ1) is 15.3. The van der Waals surface area contributed by atoms with Crippen molar-refractivity contribution >= 4 is 28.5 Å². The Morgan fingerprint density at radius 1 is 1.55 bits per heavy atom. The third kappa shape index (κ3) is 3.59. The molecule has 6 heteroatoms. The Bertz CT molecular complexity index is 664. The van der Waals surface area contributed by atoms with Gasteiger partial charge in [0.15, 0.2) is 0 Å². The lowest BCUT2D eigenvalue weighted by atomic mass is 9.98. The Labute approximate surface area is 134 Å². The van der Waals surface area contributed by atoms with Crippen molar-refractivity contribution < 1.29 is 9.53 Å². The lowest BCUT2D eigenvalue weighted by molar-refractivity contribution is -0.132. The summed E-state index contributed by atoms with van der Waals surface area (Å²) >= 11 is 5.97. The molecule has 3 rings (SSSR count). The van der Waals surface area contributed by atoms with Crippen LogP contribution in [-0.2, 0) is 16.1 Å². The van der Waals surface area contributed by atoms with Gasteiger partial charge in [-0.15, -0.1) is 0 Å². The molecule has 0 saturated carbocycles. The van der Waals surface area contributed by atoms with Gasteiger partial charge in [0.25, 0.3) is 0 Å². The third-order valence-electron chi connectivity index (χ3n) is 4.02. The maximum absolute atomic E-state index is 12.3. The van der Waals surface area contributed by atoms with E-state index in [0.717, 1.165) is 36.3 Å². The molecule has 5 nitrogen and oxygen atoms in total. The van der Waals surface area contributed by atoms with Gasteiger partial charge in [-0.2, -0.15) is 0 Å². The summed E-state index contributed by atoms with van der Waals surface area (Å²) in [5, 5.41) is 0.671. The highest BCUT2D eigenvalue weighted by atomic mass is 35.5. The topological polar surface area (TPSA) is 58.2 Å². The zero-order chi connectivity index (χ0) is 15.5. The molecule has 118 valence electrons. The molecule has 0 spiro atoms. The first-order chi connectivity index (χ1) is 10.6. The van der Waals surface area contributed by atoms with Crippen LogP contribution in [0.4, 0.5) is 0 Å².